The Labute approximate surface area is 117 Å². The predicted molar refractivity (Wildman–Crippen MR) is 75.6 cm³/mol. The Hall–Kier alpha value is -1.45. The smallest absolute Gasteiger partial charge is 0.141 e. The van der Waals surface area contributed by atoms with Gasteiger partial charge in [0, 0.05) is 19.3 Å². The quantitative estimate of drug-likeness (QED) is 0.901. The highest BCUT2D eigenvalue weighted by Gasteiger charge is 2.03. The lowest BCUT2D eigenvalue weighted by Gasteiger charge is -2.08. The van der Waals surface area contributed by atoms with Crippen molar-refractivity contribution in [3.63, 3.8) is 0 Å². The van der Waals surface area contributed by atoms with E-state index in [-0.39, 0.29) is 10.8 Å². The van der Waals surface area contributed by atoms with E-state index in [1.54, 1.807) is 18.3 Å². The molecule has 0 aliphatic carbocycles. The summed E-state index contributed by atoms with van der Waals surface area (Å²) in [4.78, 5) is 4.36. The molecule has 0 fully saturated rings. The van der Waals surface area contributed by atoms with Gasteiger partial charge in [0.15, 0.2) is 0 Å². The summed E-state index contributed by atoms with van der Waals surface area (Å²) in [5, 5.41) is 3.45. The van der Waals surface area contributed by atoms with Crippen molar-refractivity contribution in [1.29, 1.82) is 0 Å². The molecule has 2 rings (SSSR count). The van der Waals surface area contributed by atoms with E-state index in [1.165, 1.54) is 11.6 Å². The fourth-order valence-corrected chi connectivity index (χ4v) is 2.13. The number of aromatic nitrogens is 1. The molecule has 1 heterocycles. The van der Waals surface area contributed by atoms with Crippen LogP contribution in [-0.2, 0) is 19.5 Å². The lowest BCUT2D eigenvalue weighted by molar-refractivity contribution is 0.624. The highest BCUT2D eigenvalue weighted by molar-refractivity contribution is 6.30. The van der Waals surface area contributed by atoms with E-state index in [9.17, 15) is 4.39 Å². The summed E-state index contributed by atoms with van der Waals surface area (Å²) in [6, 6.07) is 8.79. The average Bonchev–Trinajstić information content (AvgIpc) is 2.43. The fraction of sp³-hybridized carbons (Fsp3) is 0.267. The molecule has 0 amide bonds. The molecular formula is C15H16ClFN2. The third-order valence-corrected chi connectivity index (χ3v) is 3.26. The molecule has 0 saturated carbocycles. The van der Waals surface area contributed by atoms with Crippen molar-refractivity contribution in [2.45, 2.75) is 26.4 Å². The van der Waals surface area contributed by atoms with Crippen LogP contribution in [0.25, 0.3) is 0 Å². The average molecular weight is 279 g/mol. The largest absolute Gasteiger partial charge is 0.307 e. The van der Waals surface area contributed by atoms with Crippen molar-refractivity contribution >= 4 is 11.6 Å². The van der Waals surface area contributed by atoms with Gasteiger partial charge in [-0.15, -0.1) is 0 Å². The molecule has 0 spiro atoms. The molecule has 0 unspecified atom stereocenters. The Morgan fingerprint density at radius 1 is 1.26 bits per heavy atom. The minimum absolute atomic E-state index is 0.159. The lowest BCUT2D eigenvalue weighted by Crippen LogP contribution is -2.15. The maximum absolute atomic E-state index is 13.0. The van der Waals surface area contributed by atoms with E-state index >= 15 is 0 Å². The molecular weight excluding hydrogens is 263 g/mol. The molecule has 0 aliphatic heterocycles. The SMILES string of the molecule is CCc1cccnc1CNCc1ccc(F)c(Cl)c1. The fourth-order valence-electron chi connectivity index (χ4n) is 1.93. The Kier molecular flexibility index (Phi) is 4.88. The van der Waals surface area contributed by atoms with E-state index in [0.29, 0.717) is 13.1 Å². The molecule has 0 radical (unpaired) electrons. The first-order chi connectivity index (χ1) is 9.20. The first-order valence-electron chi connectivity index (χ1n) is 6.28. The van der Waals surface area contributed by atoms with Crippen LogP contribution in [0, 0.1) is 5.82 Å². The van der Waals surface area contributed by atoms with Crippen LogP contribution in [0.1, 0.15) is 23.7 Å². The summed E-state index contributed by atoms with van der Waals surface area (Å²) in [7, 11) is 0. The van der Waals surface area contributed by atoms with Crippen LogP contribution in [0.15, 0.2) is 36.5 Å². The van der Waals surface area contributed by atoms with Crippen molar-refractivity contribution in [3.8, 4) is 0 Å². The number of benzene rings is 1. The number of rotatable bonds is 5. The second-order valence-corrected chi connectivity index (χ2v) is 4.72. The van der Waals surface area contributed by atoms with Crippen LogP contribution in [0.3, 0.4) is 0 Å². The van der Waals surface area contributed by atoms with Gasteiger partial charge >= 0.3 is 0 Å². The number of pyridine rings is 1. The van der Waals surface area contributed by atoms with Gasteiger partial charge in [-0.25, -0.2) is 4.39 Å². The van der Waals surface area contributed by atoms with Crippen LogP contribution in [-0.4, -0.2) is 4.98 Å². The van der Waals surface area contributed by atoms with Crippen molar-refractivity contribution in [2.24, 2.45) is 0 Å². The first kappa shape index (κ1) is 14.0. The molecule has 0 aliphatic rings. The molecule has 2 aromatic rings. The Balaban J connectivity index is 1.94. The molecule has 4 heteroatoms. The number of nitrogens with one attached hydrogen (secondary N) is 1. The minimum atomic E-state index is -0.386. The van der Waals surface area contributed by atoms with Crippen LogP contribution in [0.2, 0.25) is 5.02 Å². The van der Waals surface area contributed by atoms with Crippen LogP contribution < -0.4 is 5.32 Å². The zero-order valence-electron chi connectivity index (χ0n) is 10.8. The maximum Gasteiger partial charge on any atom is 0.141 e. The number of aryl methyl sites for hydroxylation is 1. The molecule has 0 bridgehead atoms. The molecule has 1 aromatic carbocycles. The molecule has 2 nitrogen and oxygen atoms in total. The molecule has 100 valence electrons. The highest BCUT2D eigenvalue weighted by Crippen LogP contribution is 2.16. The molecule has 1 N–H and O–H groups in total. The number of hydrogen-bond acceptors (Lipinski definition) is 2. The normalized spacial score (nSPS) is 10.7. The van der Waals surface area contributed by atoms with E-state index in [0.717, 1.165) is 17.7 Å². The van der Waals surface area contributed by atoms with Gasteiger partial charge in [0.05, 0.1) is 10.7 Å². The summed E-state index contributed by atoms with van der Waals surface area (Å²) in [6.45, 7) is 3.44. The van der Waals surface area contributed by atoms with E-state index < -0.39 is 0 Å². The zero-order chi connectivity index (χ0) is 13.7. The maximum atomic E-state index is 13.0. The van der Waals surface area contributed by atoms with Crippen molar-refractivity contribution in [3.05, 3.63) is 64.2 Å². The van der Waals surface area contributed by atoms with Gasteiger partial charge in [-0.3, -0.25) is 4.98 Å². The van der Waals surface area contributed by atoms with E-state index in [1.807, 2.05) is 6.07 Å². The van der Waals surface area contributed by atoms with Crippen molar-refractivity contribution in [1.82, 2.24) is 10.3 Å². The third-order valence-electron chi connectivity index (χ3n) is 2.97. The lowest BCUT2D eigenvalue weighted by atomic mass is 10.1. The topological polar surface area (TPSA) is 24.9 Å². The number of halogens is 2. The summed E-state index contributed by atoms with van der Waals surface area (Å²) in [6.07, 6.45) is 2.76. The monoisotopic (exact) mass is 278 g/mol. The van der Waals surface area contributed by atoms with Gasteiger partial charge in [-0.1, -0.05) is 30.7 Å². The molecule has 19 heavy (non-hydrogen) atoms. The highest BCUT2D eigenvalue weighted by atomic mass is 35.5. The first-order valence-corrected chi connectivity index (χ1v) is 6.66. The predicted octanol–water partition coefficient (Wildman–Crippen LogP) is 3.73. The van der Waals surface area contributed by atoms with Gasteiger partial charge in [-0.2, -0.15) is 0 Å². The molecule has 0 saturated heterocycles. The second kappa shape index (κ2) is 6.64. The number of hydrogen-bond donors (Lipinski definition) is 1. The summed E-state index contributed by atoms with van der Waals surface area (Å²) in [5.74, 6) is -0.386. The Morgan fingerprint density at radius 3 is 2.84 bits per heavy atom. The van der Waals surface area contributed by atoms with E-state index in [4.69, 9.17) is 11.6 Å². The van der Waals surface area contributed by atoms with Gasteiger partial charge < -0.3 is 5.32 Å². The summed E-state index contributed by atoms with van der Waals surface area (Å²) in [5.41, 5.74) is 3.26. The van der Waals surface area contributed by atoms with Crippen LogP contribution in [0.5, 0.6) is 0 Å². The van der Waals surface area contributed by atoms with Gasteiger partial charge in [0.25, 0.3) is 0 Å². The van der Waals surface area contributed by atoms with E-state index in [2.05, 4.69) is 23.3 Å². The minimum Gasteiger partial charge on any atom is -0.307 e. The van der Waals surface area contributed by atoms with Crippen LogP contribution >= 0.6 is 11.6 Å². The summed E-state index contributed by atoms with van der Waals surface area (Å²) >= 11 is 5.74. The molecule has 1 aromatic heterocycles. The van der Waals surface area contributed by atoms with Gasteiger partial charge in [0.1, 0.15) is 5.82 Å². The van der Waals surface area contributed by atoms with Crippen molar-refractivity contribution in [2.75, 3.05) is 0 Å². The summed E-state index contributed by atoms with van der Waals surface area (Å²) < 4.78 is 13.0. The van der Waals surface area contributed by atoms with Gasteiger partial charge in [0.2, 0.25) is 0 Å². The second-order valence-electron chi connectivity index (χ2n) is 4.31. The zero-order valence-corrected chi connectivity index (χ0v) is 11.5. The molecule has 0 atom stereocenters. The Bertz CT molecular complexity index is 558. The standard InChI is InChI=1S/C15H16ClFN2/c1-2-12-4-3-7-19-15(12)10-18-9-11-5-6-14(17)13(16)8-11/h3-8,18H,2,9-10H2,1H3. The van der Waals surface area contributed by atoms with Crippen molar-refractivity contribution < 1.29 is 4.39 Å². The third kappa shape index (κ3) is 3.75. The van der Waals surface area contributed by atoms with Crippen LogP contribution in [0.4, 0.5) is 4.39 Å². The Morgan fingerprint density at radius 2 is 2.11 bits per heavy atom. The van der Waals surface area contributed by atoms with Gasteiger partial charge in [-0.05, 0) is 35.7 Å². The number of nitrogens with zero attached hydrogens (tertiary/aromatic N) is 1.